The molecule has 0 saturated carbocycles. The van der Waals surface area contributed by atoms with E-state index in [1.165, 1.54) is 6.26 Å². The lowest BCUT2D eigenvalue weighted by atomic mass is 9.98. The maximum atomic E-state index is 13.8. The number of nitrogens with zero attached hydrogens (tertiary/aromatic N) is 2. The first kappa shape index (κ1) is 19.4. The number of aromatic nitrogens is 2. The maximum Gasteiger partial charge on any atom is 0.225 e. The molecule has 0 bridgehead atoms. The standard InChI is InChI=1S/C23H16F2N2O3/c1-29-21-7-6-16(23-27-8-9-30-23)11-17(21)15-4-2-14(3-5-15)10-20(28)22-18(24)12-26-13-19(22)25/h2-9,11-13H,10H2,1H3. The van der Waals surface area contributed by atoms with Gasteiger partial charge in [0, 0.05) is 17.5 Å². The zero-order valence-electron chi connectivity index (χ0n) is 15.9. The molecular weight excluding hydrogens is 390 g/mol. The van der Waals surface area contributed by atoms with Gasteiger partial charge in [-0.25, -0.2) is 13.8 Å². The van der Waals surface area contributed by atoms with E-state index >= 15 is 0 Å². The number of halogens is 2. The van der Waals surface area contributed by atoms with Crippen molar-refractivity contribution in [2.45, 2.75) is 6.42 Å². The van der Waals surface area contributed by atoms with Crippen LogP contribution in [-0.4, -0.2) is 22.9 Å². The number of hydrogen-bond donors (Lipinski definition) is 0. The predicted octanol–water partition coefficient (Wildman–Crippen LogP) is 5.12. The molecule has 0 aliphatic carbocycles. The number of pyridine rings is 1. The van der Waals surface area contributed by atoms with E-state index in [9.17, 15) is 13.6 Å². The number of oxazole rings is 1. The molecule has 0 spiro atoms. The van der Waals surface area contributed by atoms with Crippen LogP contribution in [0.3, 0.4) is 0 Å². The second-order valence-corrected chi connectivity index (χ2v) is 6.53. The van der Waals surface area contributed by atoms with E-state index in [0.29, 0.717) is 17.2 Å². The van der Waals surface area contributed by atoms with Gasteiger partial charge < -0.3 is 9.15 Å². The molecule has 0 radical (unpaired) electrons. The Hall–Kier alpha value is -3.87. The molecule has 0 aliphatic rings. The van der Waals surface area contributed by atoms with Gasteiger partial charge in [0.15, 0.2) is 17.4 Å². The third-order valence-electron chi connectivity index (χ3n) is 4.64. The molecule has 0 saturated heterocycles. The summed E-state index contributed by atoms with van der Waals surface area (Å²) in [5.41, 5.74) is 2.50. The normalized spacial score (nSPS) is 10.8. The van der Waals surface area contributed by atoms with E-state index in [1.807, 2.05) is 30.3 Å². The first-order valence-corrected chi connectivity index (χ1v) is 9.06. The highest BCUT2D eigenvalue weighted by Gasteiger charge is 2.18. The van der Waals surface area contributed by atoms with E-state index in [-0.39, 0.29) is 6.42 Å². The molecule has 5 nitrogen and oxygen atoms in total. The first-order valence-electron chi connectivity index (χ1n) is 9.06. The number of rotatable bonds is 6. The van der Waals surface area contributed by atoms with Gasteiger partial charge in [-0.15, -0.1) is 0 Å². The van der Waals surface area contributed by atoms with E-state index in [2.05, 4.69) is 9.97 Å². The highest BCUT2D eigenvalue weighted by molar-refractivity contribution is 5.98. The summed E-state index contributed by atoms with van der Waals surface area (Å²) in [5, 5.41) is 0. The van der Waals surface area contributed by atoms with Crippen LogP contribution in [0.25, 0.3) is 22.6 Å². The lowest BCUT2D eigenvalue weighted by molar-refractivity contribution is 0.0984. The minimum absolute atomic E-state index is 0.133. The van der Waals surface area contributed by atoms with Crippen molar-refractivity contribution in [2.24, 2.45) is 0 Å². The van der Waals surface area contributed by atoms with Gasteiger partial charge in [-0.2, -0.15) is 0 Å². The van der Waals surface area contributed by atoms with Crippen LogP contribution < -0.4 is 4.74 Å². The van der Waals surface area contributed by atoms with Crippen molar-refractivity contribution >= 4 is 5.78 Å². The van der Waals surface area contributed by atoms with Crippen LogP contribution in [0, 0.1) is 11.6 Å². The van der Waals surface area contributed by atoms with Crippen molar-refractivity contribution in [3.63, 3.8) is 0 Å². The Balaban J connectivity index is 1.61. The Kier molecular flexibility index (Phi) is 5.34. The summed E-state index contributed by atoms with van der Waals surface area (Å²) in [6.07, 6.45) is 4.59. The van der Waals surface area contributed by atoms with E-state index in [0.717, 1.165) is 29.1 Å². The summed E-state index contributed by atoms with van der Waals surface area (Å²) in [4.78, 5) is 19.9. The quantitative estimate of drug-likeness (QED) is 0.416. The highest BCUT2D eigenvalue weighted by atomic mass is 19.1. The lowest BCUT2D eigenvalue weighted by Gasteiger charge is -2.11. The highest BCUT2D eigenvalue weighted by Crippen LogP contribution is 2.34. The fourth-order valence-electron chi connectivity index (χ4n) is 3.19. The fourth-order valence-corrected chi connectivity index (χ4v) is 3.19. The van der Waals surface area contributed by atoms with Gasteiger partial charge in [0.05, 0.1) is 31.3 Å². The molecule has 7 heteroatoms. The largest absolute Gasteiger partial charge is 0.496 e. The van der Waals surface area contributed by atoms with Crippen LogP contribution in [0.1, 0.15) is 15.9 Å². The van der Waals surface area contributed by atoms with E-state index in [4.69, 9.17) is 9.15 Å². The van der Waals surface area contributed by atoms with Gasteiger partial charge in [0.1, 0.15) is 12.0 Å². The summed E-state index contributed by atoms with van der Waals surface area (Å²) in [5.74, 6) is -1.43. The van der Waals surface area contributed by atoms with Crippen LogP contribution >= 0.6 is 0 Å². The second-order valence-electron chi connectivity index (χ2n) is 6.53. The third-order valence-corrected chi connectivity index (χ3v) is 4.64. The summed E-state index contributed by atoms with van der Waals surface area (Å²) in [6, 6.07) is 12.7. The molecule has 2 heterocycles. The molecule has 4 rings (SSSR count). The molecule has 4 aromatic rings. The third kappa shape index (κ3) is 3.82. The molecule has 150 valence electrons. The average molecular weight is 406 g/mol. The van der Waals surface area contributed by atoms with Gasteiger partial charge >= 0.3 is 0 Å². The maximum absolute atomic E-state index is 13.8. The predicted molar refractivity (Wildman–Crippen MR) is 106 cm³/mol. The van der Waals surface area contributed by atoms with Gasteiger partial charge in [-0.1, -0.05) is 24.3 Å². The molecular formula is C23H16F2N2O3. The van der Waals surface area contributed by atoms with Crippen molar-refractivity contribution in [1.29, 1.82) is 0 Å². The Morgan fingerprint density at radius 3 is 2.37 bits per heavy atom. The van der Waals surface area contributed by atoms with Crippen molar-refractivity contribution in [3.05, 3.63) is 90.1 Å². The Labute approximate surface area is 171 Å². The number of carbonyl (C=O) groups excluding carboxylic acids is 1. The minimum atomic E-state index is -0.968. The van der Waals surface area contributed by atoms with E-state index in [1.54, 1.807) is 25.4 Å². The Morgan fingerprint density at radius 1 is 1.03 bits per heavy atom. The number of ketones is 1. The zero-order chi connectivity index (χ0) is 21.1. The smallest absolute Gasteiger partial charge is 0.225 e. The molecule has 0 N–H and O–H groups in total. The lowest BCUT2D eigenvalue weighted by Crippen LogP contribution is -2.09. The summed E-state index contributed by atoms with van der Waals surface area (Å²) < 4.78 is 38.4. The number of benzene rings is 2. The molecule has 2 aromatic heterocycles. The number of methoxy groups -OCH3 is 1. The van der Waals surface area contributed by atoms with Crippen LogP contribution in [0.15, 0.2) is 71.7 Å². The van der Waals surface area contributed by atoms with Crippen LogP contribution in [0.5, 0.6) is 5.75 Å². The number of ether oxygens (including phenoxy) is 1. The van der Waals surface area contributed by atoms with E-state index < -0.39 is 23.0 Å². The van der Waals surface area contributed by atoms with Gasteiger partial charge in [0.25, 0.3) is 0 Å². The number of Topliss-reactive ketones (excluding diaryl/α,β-unsaturated/α-hetero) is 1. The Morgan fingerprint density at radius 2 is 1.73 bits per heavy atom. The minimum Gasteiger partial charge on any atom is -0.496 e. The zero-order valence-corrected chi connectivity index (χ0v) is 15.9. The average Bonchev–Trinajstić information content (AvgIpc) is 3.29. The summed E-state index contributed by atoms with van der Waals surface area (Å²) in [6.45, 7) is 0. The number of carbonyl (C=O) groups is 1. The molecule has 2 aromatic carbocycles. The molecule has 0 amide bonds. The van der Waals surface area contributed by atoms with Gasteiger partial charge in [-0.3, -0.25) is 9.78 Å². The topological polar surface area (TPSA) is 65.2 Å². The molecule has 0 unspecified atom stereocenters. The van der Waals surface area contributed by atoms with Crippen LogP contribution in [-0.2, 0) is 6.42 Å². The summed E-state index contributed by atoms with van der Waals surface area (Å²) >= 11 is 0. The first-order chi connectivity index (χ1) is 14.6. The fraction of sp³-hybridized carbons (Fsp3) is 0.0870. The summed E-state index contributed by atoms with van der Waals surface area (Å²) in [7, 11) is 1.58. The van der Waals surface area contributed by atoms with Gasteiger partial charge in [0.2, 0.25) is 5.89 Å². The number of hydrogen-bond acceptors (Lipinski definition) is 5. The monoisotopic (exact) mass is 406 g/mol. The van der Waals surface area contributed by atoms with Crippen LogP contribution in [0.4, 0.5) is 8.78 Å². The Bertz CT molecular complexity index is 1170. The van der Waals surface area contributed by atoms with Crippen molar-refractivity contribution < 1.29 is 22.7 Å². The molecule has 30 heavy (non-hydrogen) atoms. The second kappa shape index (κ2) is 8.24. The van der Waals surface area contributed by atoms with Crippen molar-refractivity contribution in [1.82, 2.24) is 9.97 Å². The molecule has 0 aliphatic heterocycles. The SMILES string of the molecule is COc1ccc(-c2ncco2)cc1-c1ccc(CC(=O)c2c(F)cncc2F)cc1. The molecule has 0 fully saturated rings. The molecule has 0 atom stereocenters. The van der Waals surface area contributed by atoms with Crippen molar-refractivity contribution in [2.75, 3.05) is 7.11 Å². The van der Waals surface area contributed by atoms with Crippen molar-refractivity contribution in [3.8, 4) is 28.3 Å². The van der Waals surface area contributed by atoms with Gasteiger partial charge in [-0.05, 0) is 29.3 Å². The van der Waals surface area contributed by atoms with Crippen LogP contribution in [0.2, 0.25) is 0 Å².